The van der Waals surface area contributed by atoms with Crippen LogP contribution in [0.5, 0.6) is 0 Å². The Kier molecular flexibility index (Phi) is 5.25. The molecule has 3 N–H and O–H groups in total. The zero-order valence-electron chi connectivity index (χ0n) is 14.3. The molecule has 0 aromatic heterocycles. The highest BCUT2D eigenvalue weighted by molar-refractivity contribution is 5.75. The maximum Gasteiger partial charge on any atom is 0.315 e. The molecule has 5 nitrogen and oxygen atoms in total. The lowest BCUT2D eigenvalue weighted by Crippen LogP contribution is -2.59. The van der Waals surface area contributed by atoms with Crippen LogP contribution in [0.4, 0.5) is 9.18 Å². The molecule has 2 saturated carbocycles. The Morgan fingerprint density at radius 1 is 1.20 bits per heavy atom. The van der Waals surface area contributed by atoms with Gasteiger partial charge in [0.2, 0.25) is 0 Å². The lowest BCUT2D eigenvalue weighted by atomic mass is 9.73. The SMILES string of the molecule is O=C(NC1CCC(C(=O)O)CC1)NC1(Cc2cccc(F)c2)CCC1. The van der Waals surface area contributed by atoms with Crippen molar-refractivity contribution in [2.45, 2.75) is 62.9 Å². The minimum absolute atomic E-state index is 0.0295. The van der Waals surface area contributed by atoms with Gasteiger partial charge >= 0.3 is 12.0 Å². The molecule has 0 saturated heterocycles. The summed E-state index contributed by atoms with van der Waals surface area (Å²) >= 11 is 0. The quantitative estimate of drug-likeness (QED) is 0.764. The topological polar surface area (TPSA) is 78.4 Å². The lowest BCUT2D eigenvalue weighted by Gasteiger charge is -2.43. The van der Waals surface area contributed by atoms with Crippen LogP contribution in [0.25, 0.3) is 0 Å². The van der Waals surface area contributed by atoms with Crippen LogP contribution in [0.3, 0.4) is 0 Å². The van der Waals surface area contributed by atoms with Crippen LogP contribution in [0.2, 0.25) is 0 Å². The van der Waals surface area contributed by atoms with E-state index in [9.17, 15) is 14.0 Å². The first-order chi connectivity index (χ1) is 12.0. The number of carboxylic acids is 1. The third-order valence-corrected chi connectivity index (χ3v) is 5.53. The molecule has 0 atom stereocenters. The van der Waals surface area contributed by atoms with Gasteiger partial charge in [0.05, 0.1) is 5.92 Å². The number of carbonyl (C=O) groups excluding carboxylic acids is 1. The van der Waals surface area contributed by atoms with Gasteiger partial charge in [0, 0.05) is 11.6 Å². The first kappa shape index (κ1) is 17.7. The Bertz CT molecular complexity index is 637. The Labute approximate surface area is 147 Å². The van der Waals surface area contributed by atoms with E-state index in [1.165, 1.54) is 12.1 Å². The normalized spacial score (nSPS) is 24.8. The number of aliphatic carboxylic acids is 1. The second-order valence-electron chi connectivity index (χ2n) is 7.43. The van der Waals surface area contributed by atoms with Crippen molar-refractivity contribution in [1.29, 1.82) is 0 Å². The number of nitrogens with one attached hydrogen (secondary N) is 2. The molecule has 0 heterocycles. The maximum absolute atomic E-state index is 13.4. The number of halogens is 1. The number of amides is 2. The zero-order valence-corrected chi connectivity index (χ0v) is 14.3. The van der Waals surface area contributed by atoms with E-state index >= 15 is 0 Å². The molecule has 0 unspecified atom stereocenters. The van der Waals surface area contributed by atoms with Gasteiger partial charge in [-0.15, -0.1) is 0 Å². The fourth-order valence-electron chi connectivity index (χ4n) is 3.93. The number of carboxylic acid groups (broad SMARTS) is 1. The highest BCUT2D eigenvalue weighted by Crippen LogP contribution is 2.35. The van der Waals surface area contributed by atoms with Crippen molar-refractivity contribution in [3.8, 4) is 0 Å². The molecule has 0 aliphatic heterocycles. The highest BCUT2D eigenvalue weighted by atomic mass is 19.1. The van der Waals surface area contributed by atoms with Crippen LogP contribution in [0.15, 0.2) is 24.3 Å². The van der Waals surface area contributed by atoms with E-state index in [4.69, 9.17) is 5.11 Å². The Hall–Kier alpha value is -2.11. The molecule has 25 heavy (non-hydrogen) atoms. The smallest absolute Gasteiger partial charge is 0.315 e. The Morgan fingerprint density at radius 3 is 2.48 bits per heavy atom. The van der Waals surface area contributed by atoms with E-state index in [1.54, 1.807) is 6.07 Å². The molecule has 2 aliphatic rings. The highest BCUT2D eigenvalue weighted by Gasteiger charge is 2.39. The van der Waals surface area contributed by atoms with Crippen molar-refractivity contribution in [2.75, 3.05) is 0 Å². The molecule has 1 aromatic carbocycles. The van der Waals surface area contributed by atoms with Crippen molar-refractivity contribution < 1.29 is 19.1 Å². The summed E-state index contributed by atoms with van der Waals surface area (Å²) in [5, 5.41) is 15.1. The molecule has 6 heteroatoms. The Balaban J connectivity index is 1.52. The predicted octanol–water partition coefficient (Wildman–Crippen LogP) is 3.23. The average Bonchev–Trinajstić information content (AvgIpc) is 2.53. The van der Waals surface area contributed by atoms with Gasteiger partial charge in [-0.2, -0.15) is 0 Å². The molecule has 0 radical (unpaired) electrons. The van der Waals surface area contributed by atoms with Crippen LogP contribution >= 0.6 is 0 Å². The zero-order chi connectivity index (χ0) is 17.9. The monoisotopic (exact) mass is 348 g/mol. The molecule has 3 rings (SSSR count). The third kappa shape index (κ3) is 4.50. The minimum atomic E-state index is -0.744. The van der Waals surface area contributed by atoms with Crippen LogP contribution < -0.4 is 10.6 Å². The molecular formula is C19H25FN2O3. The van der Waals surface area contributed by atoms with Crippen molar-refractivity contribution >= 4 is 12.0 Å². The fraction of sp³-hybridized carbons (Fsp3) is 0.579. The molecule has 136 valence electrons. The van der Waals surface area contributed by atoms with Crippen molar-refractivity contribution in [3.05, 3.63) is 35.6 Å². The van der Waals surface area contributed by atoms with Crippen molar-refractivity contribution in [1.82, 2.24) is 10.6 Å². The van der Waals surface area contributed by atoms with E-state index in [-0.39, 0.29) is 29.3 Å². The predicted molar refractivity (Wildman–Crippen MR) is 91.7 cm³/mol. The summed E-state index contributed by atoms with van der Waals surface area (Å²) in [5.41, 5.74) is 0.595. The second-order valence-corrected chi connectivity index (χ2v) is 7.43. The number of hydrogen-bond donors (Lipinski definition) is 3. The molecule has 1 aromatic rings. The van der Waals surface area contributed by atoms with Crippen LogP contribution in [0.1, 0.15) is 50.5 Å². The van der Waals surface area contributed by atoms with E-state index < -0.39 is 5.97 Å². The number of rotatable bonds is 5. The lowest BCUT2D eigenvalue weighted by molar-refractivity contribution is -0.142. The largest absolute Gasteiger partial charge is 0.481 e. The number of hydrogen-bond acceptors (Lipinski definition) is 2. The minimum Gasteiger partial charge on any atom is -0.481 e. The van der Waals surface area contributed by atoms with Gasteiger partial charge in [-0.25, -0.2) is 9.18 Å². The average molecular weight is 348 g/mol. The van der Waals surface area contributed by atoms with Crippen LogP contribution in [0, 0.1) is 11.7 Å². The molecule has 0 bridgehead atoms. The number of benzene rings is 1. The van der Waals surface area contributed by atoms with Gasteiger partial charge in [0.1, 0.15) is 5.82 Å². The standard InChI is InChI=1S/C19H25FN2O3/c20-15-4-1-3-13(11-15)12-19(9-2-10-19)22-18(25)21-16-7-5-14(6-8-16)17(23)24/h1,3-4,11,14,16H,2,5-10,12H2,(H,23,24)(H2,21,22,25). The van der Waals surface area contributed by atoms with Gasteiger partial charge in [0.25, 0.3) is 0 Å². The second kappa shape index (κ2) is 7.42. The maximum atomic E-state index is 13.4. The molecule has 2 aliphatic carbocycles. The summed E-state index contributed by atoms with van der Waals surface area (Å²) < 4.78 is 13.4. The van der Waals surface area contributed by atoms with Gasteiger partial charge in [-0.1, -0.05) is 12.1 Å². The van der Waals surface area contributed by atoms with E-state index in [0.717, 1.165) is 24.8 Å². The third-order valence-electron chi connectivity index (χ3n) is 5.53. The summed E-state index contributed by atoms with van der Waals surface area (Å²) in [6, 6.07) is 6.35. The van der Waals surface area contributed by atoms with Crippen molar-refractivity contribution in [2.24, 2.45) is 5.92 Å². The van der Waals surface area contributed by atoms with Crippen molar-refractivity contribution in [3.63, 3.8) is 0 Å². The van der Waals surface area contributed by atoms with E-state index in [2.05, 4.69) is 10.6 Å². The number of urea groups is 1. The first-order valence-electron chi connectivity index (χ1n) is 9.02. The summed E-state index contributed by atoms with van der Waals surface area (Å²) in [4.78, 5) is 23.4. The van der Waals surface area contributed by atoms with Crippen LogP contribution in [-0.2, 0) is 11.2 Å². The molecule has 0 spiro atoms. The molecule has 2 fully saturated rings. The van der Waals surface area contributed by atoms with Gasteiger partial charge in [-0.05, 0) is 69.1 Å². The summed E-state index contributed by atoms with van der Waals surface area (Å²) in [7, 11) is 0. The summed E-state index contributed by atoms with van der Waals surface area (Å²) in [5.74, 6) is -1.29. The Morgan fingerprint density at radius 2 is 1.92 bits per heavy atom. The summed E-state index contributed by atoms with van der Waals surface area (Å²) in [6.45, 7) is 0. The fourth-order valence-corrected chi connectivity index (χ4v) is 3.93. The van der Waals surface area contributed by atoms with E-state index in [1.807, 2.05) is 6.07 Å². The molecule has 2 amide bonds. The van der Waals surface area contributed by atoms with Gasteiger partial charge < -0.3 is 15.7 Å². The van der Waals surface area contributed by atoms with Crippen LogP contribution in [-0.4, -0.2) is 28.7 Å². The van der Waals surface area contributed by atoms with Gasteiger partial charge in [0.15, 0.2) is 0 Å². The number of carbonyl (C=O) groups is 2. The molecular weight excluding hydrogens is 323 g/mol. The van der Waals surface area contributed by atoms with Gasteiger partial charge in [-0.3, -0.25) is 4.79 Å². The summed E-state index contributed by atoms with van der Waals surface area (Å²) in [6.07, 6.45) is 6.07. The van der Waals surface area contributed by atoms with E-state index in [0.29, 0.717) is 32.1 Å². The first-order valence-corrected chi connectivity index (χ1v) is 9.02.